The summed E-state index contributed by atoms with van der Waals surface area (Å²) in [6.45, 7) is 1.44. The monoisotopic (exact) mass is 382 g/mol. The van der Waals surface area contributed by atoms with Gasteiger partial charge in [-0.1, -0.05) is 42.1 Å². The molecule has 27 heavy (non-hydrogen) atoms. The van der Waals surface area contributed by atoms with Gasteiger partial charge in [-0.15, -0.1) is 10.2 Å². The lowest BCUT2D eigenvalue weighted by atomic mass is 10.1. The van der Waals surface area contributed by atoms with Crippen LogP contribution in [0.25, 0.3) is 11.3 Å². The van der Waals surface area contributed by atoms with Crippen LogP contribution in [-0.4, -0.2) is 27.3 Å². The van der Waals surface area contributed by atoms with Gasteiger partial charge in [-0.2, -0.15) is 4.98 Å². The molecule has 0 saturated heterocycles. The normalized spacial score (nSPS) is 15.4. The number of halogens is 1. The Morgan fingerprint density at radius 2 is 2.00 bits per heavy atom. The van der Waals surface area contributed by atoms with E-state index in [0.29, 0.717) is 27.7 Å². The minimum Gasteiger partial charge on any atom is -0.447 e. The molecule has 1 atom stereocenters. The van der Waals surface area contributed by atoms with Crippen molar-refractivity contribution in [3.05, 3.63) is 59.9 Å². The number of carbonyl (C=O) groups is 1. The molecule has 3 aromatic rings. The second-order valence-corrected chi connectivity index (χ2v) is 6.66. The molecular weight excluding hydrogens is 367 g/mol. The van der Waals surface area contributed by atoms with Gasteiger partial charge in [0, 0.05) is 18.1 Å². The van der Waals surface area contributed by atoms with E-state index in [9.17, 15) is 9.18 Å². The summed E-state index contributed by atoms with van der Waals surface area (Å²) in [5.74, 6) is -0.412. The molecular formula is C19H15FN4O2S. The molecule has 0 saturated carbocycles. The van der Waals surface area contributed by atoms with Crippen molar-refractivity contribution in [2.24, 2.45) is 0 Å². The summed E-state index contributed by atoms with van der Waals surface area (Å²) >= 11 is 1.33. The van der Waals surface area contributed by atoms with Gasteiger partial charge >= 0.3 is 0 Å². The molecule has 4 rings (SSSR count). The zero-order valence-electron chi connectivity index (χ0n) is 14.6. The third kappa shape index (κ3) is 3.12. The Labute approximate surface area is 159 Å². The van der Waals surface area contributed by atoms with Gasteiger partial charge < -0.3 is 4.74 Å². The quantitative estimate of drug-likeness (QED) is 0.627. The van der Waals surface area contributed by atoms with E-state index in [2.05, 4.69) is 15.2 Å². The van der Waals surface area contributed by atoms with Crippen molar-refractivity contribution >= 4 is 23.4 Å². The standard InChI is InChI=1S/C19H15FN4O2S/c1-11(25)24-15-9-4-3-8-14(15)16-17(21-19(27-2)23-22-16)26-18(24)12-6-5-7-13(20)10-12/h3-10,18H,1-2H3/t18-/m0/s1. The maximum atomic E-state index is 13.9. The zero-order chi connectivity index (χ0) is 19.0. The molecule has 0 N–H and O–H groups in total. The summed E-state index contributed by atoms with van der Waals surface area (Å²) in [7, 11) is 0. The third-order valence-electron chi connectivity index (χ3n) is 4.17. The van der Waals surface area contributed by atoms with Crippen molar-refractivity contribution in [1.29, 1.82) is 0 Å². The van der Waals surface area contributed by atoms with E-state index in [1.807, 2.05) is 24.5 Å². The van der Waals surface area contributed by atoms with Crippen molar-refractivity contribution in [2.75, 3.05) is 11.2 Å². The van der Waals surface area contributed by atoms with Gasteiger partial charge in [0.05, 0.1) is 5.69 Å². The number of hydrogen-bond acceptors (Lipinski definition) is 6. The number of anilines is 1. The van der Waals surface area contributed by atoms with E-state index >= 15 is 0 Å². The fourth-order valence-corrected chi connectivity index (χ4v) is 3.31. The highest BCUT2D eigenvalue weighted by Gasteiger charge is 2.34. The first-order valence-electron chi connectivity index (χ1n) is 8.18. The average molecular weight is 382 g/mol. The van der Waals surface area contributed by atoms with Crippen molar-refractivity contribution in [3.63, 3.8) is 0 Å². The summed E-state index contributed by atoms with van der Waals surface area (Å²) in [5, 5.41) is 8.80. The number of nitrogens with zero attached hydrogens (tertiary/aromatic N) is 4. The highest BCUT2D eigenvalue weighted by atomic mass is 32.2. The largest absolute Gasteiger partial charge is 0.447 e. The van der Waals surface area contributed by atoms with E-state index in [-0.39, 0.29) is 11.8 Å². The van der Waals surface area contributed by atoms with Crippen LogP contribution in [-0.2, 0) is 4.79 Å². The predicted octanol–water partition coefficient (Wildman–Crippen LogP) is 3.84. The van der Waals surface area contributed by atoms with E-state index in [4.69, 9.17) is 4.74 Å². The second kappa shape index (κ2) is 6.96. The summed E-state index contributed by atoms with van der Waals surface area (Å²) < 4.78 is 20.0. The number of thioether (sulfide) groups is 1. The van der Waals surface area contributed by atoms with E-state index in [0.717, 1.165) is 0 Å². The Kier molecular flexibility index (Phi) is 4.49. The molecule has 1 aromatic heterocycles. The molecule has 1 aliphatic heterocycles. The van der Waals surface area contributed by atoms with Gasteiger partial charge in [0.15, 0.2) is 5.69 Å². The fraction of sp³-hybridized carbons (Fsp3) is 0.158. The molecule has 0 unspecified atom stereocenters. The summed E-state index contributed by atoms with van der Waals surface area (Å²) in [4.78, 5) is 18.4. The molecule has 136 valence electrons. The molecule has 1 amide bonds. The average Bonchev–Trinajstić information content (AvgIpc) is 2.82. The molecule has 1 aliphatic rings. The topological polar surface area (TPSA) is 68.2 Å². The number of aromatic nitrogens is 3. The number of para-hydroxylation sites is 1. The number of hydrogen-bond donors (Lipinski definition) is 0. The second-order valence-electron chi connectivity index (χ2n) is 5.88. The van der Waals surface area contributed by atoms with E-state index < -0.39 is 12.0 Å². The van der Waals surface area contributed by atoms with Crippen molar-refractivity contribution in [1.82, 2.24) is 15.2 Å². The van der Waals surface area contributed by atoms with Crippen LogP contribution in [0.4, 0.5) is 10.1 Å². The van der Waals surface area contributed by atoms with Crippen LogP contribution in [0.15, 0.2) is 53.7 Å². The first kappa shape index (κ1) is 17.4. The maximum Gasteiger partial charge on any atom is 0.247 e. The molecule has 0 bridgehead atoms. The highest BCUT2D eigenvalue weighted by Crippen LogP contribution is 2.43. The predicted molar refractivity (Wildman–Crippen MR) is 100.0 cm³/mol. The van der Waals surface area contributed by atoms with Crippen LogP contribution >= 0.6 is 11.8 Å². The number of amides is 1. The SMILES string of the molecule is CSc1nnc2c(n1)O[C@@H](c1cccc(F)c1)N(C(C)=O)c1ccccc1-2. The minimum absolute atomic E-state index is 0.248. The van der Waals surface area contributed by atoms with Crippen LogP contribution in [0.5, 0.6) is 5.88 Å². The van der Waals surface area contributed by atoms with Crippen LogP contribution in [0, 0.1) is 5.82 Å². The van der Waals surface area contributed by atoms with Crippen LogP contribution in [0.1, 0.15) is 18.7 Å². The summed E-state index contributed by atoms with van der Waals surface area (Å²) in [5.41, 5.74) is 2.21. The van der Waals surface area contributed by atoms with Crippen molar-refractivity contribution in [3.8, 4) is 17.1 Å². The number of rotatable bonds is 2. The Hall–Kier alpha value is -3.00. The van der Waals surface area contributed by atoms with E-state index in [1.54, 1.807) is 18.2 Å². The van der Waals surface area contributed by atoms with E-state index in [1.165, 1.54) is 35.7 Å². The van der Waals surface area contributed by atoms with Crippen LogP contribution in [0.3, 0.4) is 0 Å². The van der Waals surface area contributed by atoms with Crippen molar-refractivity contribution in [2.45, 2.75) is 18.3 Å². The Morgan fingerprint density at radius 3 is 2.74 bits per heavy atom. The Bertz CT molecular complexity index is 1030. The Balaban J connectivity index is 1.98. The molecule has 0 fully saturated rings. The third-order valence-corrected chi connectivity index (χ3v) is 4.71. The van der Waals surface area contributed by atoms with Gasteiger partial charge in [-0.25, -0.2) is 4.39 Å². The van der Waals surface area contributed by atoms with Crippen LogP contribution in [0.2, 0.25) is 0 Å². The molecule has 2 heterocycles. The smallest absolute Gasteiger partial charge is 0.247 e. The highest BCUT2D eigenvalue weighted by molar-refractivity contribution is 7.98. The van der Waals surface area contributed by atoms with Gasteiger partial charge in [0.1, 0.15) is 5.82 Å². The summed E-state index contributed by atoms with van der Waals surface area (Å²) in [6, 6.07) is 13.3. The molecule has 2 aromatic carbocycles. The summed E-state index contributed by atoms with van der Waals surface area (Å²) in [6.07, 6.45) is 0.951. The molecule has 0 aliphatic carbocycles. The lowest BCUT2D eigenvalue weighted by Crippen LogP contribution is -2.36. The lowest BCUT2D eigenvalue weighted by Gasteiger charge is -2.29. The Morgan fingerprint density at radius 1 is 1.19 bits per heavy atom. The zero-order valence-corrected chi connectivity index (χ0v) is 15.4. The maximum absolute atomic E-state index is 13.9. The molecule has 8 heteroatoms. The molecule has 6 nitrogen and oxygen atoms in total. The van der Waals surface area contributed by atoms with Gasteiger partial charge in [0.2, 0.25) is 23.2 Å². The fourth-order valence-electron chi connectivity index (χ4n) is 3.02. The van der Waals surface area contributed by atoms with Crippen molar-refractivity contribution < 1.29 is 13.9 Å². The number of ether oxygens (including phenoxy) is 1. The number of benzene rings is 2. The lowest BCUT2D eigenvalue weighted by molar-refractivity contribution is -0.118. The first-order valence-corrected chi connectivity index (χ1v) is 9.41. The molecule has 0 spiro atoms. The van der Waals surface area contributed by atoms with Gasteiger partial charge in [-0.05, 0) is 24.5 Å². The first-order chi connectivity index (χ1) is 13.1. The van der Waals surface area contributed by atoms with Gasteiger partial charge in [0.25, 0.3) is 0 Å². The molecule has 0 radical (unpaired) electrons. The number of carbonyl (C=O) groups excluding carboxylic acids is 1. The minimum atomic E-state index is -0.882. The van der Waals surface area contributed by atoms with Crippen LogP contribution < -0.4 is 9.64 Å². The van der Waals surface area contributed by atoms with Gasteiger partial charge in [-0.3, -0.25) is 9.69 Å². The number of fused-ring (bicyclic) bond motifs is 3.